The summed E-state index contributed by atoms with van der Waals surface area (Å²) < 4.78 is 29.8. The third-order valence-electron chi connectivity index (χ3n) is 3.28. The molecular weight excluding hydrogens is 342 g/mol. The molecule has 2 rings (SSSR count). The Morgan fingerprint density at radius 2 is 1.88 bits per heavy atom. The Hall–Kier alpha value is -2.87. The van der Waals surface area contributed by atoms with E-state index in [0.29, 0.717) is 16.9 Å². The summed E-state index contributed by atoms with van der Waals surface area (Å²) in [6.07, 6.45) is 1.38. The normalized spacial score (nSPS) is 11.4. The van der Waals surface area contributed by atoms with E-state index in [-0.39, 0.29) is 11.5 Å². The van der Waals surface area contributed by atoms with E-state index in [2.05, 4.69) is 9.93 Å². The summed E-state index contributed by atoms with van der Waals surface area (Å²) in [5.74, 6) is -0.0848. The van der Waals surface area contributed by atoms with Crippen molar-refractivity contribution < 1.29 is 17.9 Å². The maximum absolute atomic E-state index is 12.3. The van der Waals surface area contributed by atoms with Crippen LogP contribution in [0.2, 0.25) is 0 Å². The van der Waals surface area contributed by atoms with Gasteiger partial charge in [0.1, 0.15) is 5.75 Å². The Morgan fingerprint density at radius 1 is 1.20 bits per heavy atom. The number of hydrogen-bond donors (Lipinski definition) is 2. The molecule has 0 aliphatic carbocycles. The lowest BCUT2D eigenvalue weighted by Gasteiger charge is -2.07. The molecule has 1 amide bonds. The van der Waals surface area contributed by atoms with Gasteiger partial charge >= 0.3 is 0 Å². The lowest BCUT2D eigenvalue weighted by molar-refractivity contribution is -0.119. The van der Waals surface area contributed by atoms with E-state index in [1.54, 1.807) is 43.3 Å². The van der Waals surface area contributed by atoms with Crippen LogP contribution in [0, 0.1) is 13.8 Å². The van der Waals surface area contributed by atoms with Gasteiger partial charge in [-0.1, -0.05) is 12.1 Å². The molecule has 0 aromatic heterocycles. The highest BCUT2D eigenvalue weighted by Crippen LogP contribution is 2.16. The van der Waals surface area contributed by atoms with Crippen LogP contribution in [0.3, 0.4) is 0 Å². The first-order chi connectivity index (χ1) is 11.8. The highest BCUT2D eigenvalue weighted by molar-refractivity contribution is 7.89. The molecule has 2 aromatic rings. The second-order valence-electron chi connectivity index (χ2n) is 5.45. The molecule has 3 N–H and O–H groups in total. The number of primary amides is 1. The number of carbonyl (C=O) groups is 1. The van der Waals surface area contributed by atoms with Crippen molar-refractivity contribution in [2.45, 2.75) is 18.7 Å². The third kappa shape index (κ3) is 5.32. The van der Waals surface area contributed by atoms with Crippen LogP contribution in [0.4, 0.5) is 0 Å². The second-order valence-corrected chi connectivity index (χ2v) is 7.08. The van der Waals surface area contributed by atoms with Crippen LogP contribution in [0.25, 0.3) is 0 Å². The maximum atomic E-state index is 12.3. The van der Waals surface area contributed by atoms with Crippen molar-refractivity contribution in [3.05, 3.63) is 59.2 Å². The van der Waals surface area contributed by atoms with Crippen LogP contribution in [-0.4, -0.2) is 27.1 Å². The molecule has 7 nitrogen and oxygen atoms in total. The van der Waals surface area contributed by atoms with Crippen molar-refractivity contribution >= 4 is 22.1 Å². The standard InChI is InChI=1S/C17H19N3O4S/c1-12-3-4-13(2)16(9-12)25(22,23)20-19-10-14-5-7-15(8-6-14)24-11-17(18)21/h3-10,20H,11H2,1-2H3,(H2,18,21). The molecule has 8 heteroatoms. The Labute approximate surface area is 146 Å². The van der Waals surface area contributed by atoms with Crippen LogP contribution in [-0.2, 0) is 14.8 Å². The molecule has 0 saturated heterocycles. The number of hydrogen-bond acceptors (Lipinski definition) is 5. The molecule has 25 heavy (non-hydrogen) atoms. The van der Waals surface area contributed by atoms with E-state index >= 15 is 0 Å². The molecule has 0 radical (unpaired) electrons. The number of ether oxygens (including phenoxy) is 1. The van der Waals surface area contributed by atoms with Crippen molar-refractivity contribution in [3.8, 4) is 5.75 Å². The van der Waals surface area contributed by atoms with Crippen LogP contribution in [0.5, 0.6) is 5.75 Å². The summed E-state index contributed by atoms with van der Waals surface area (Å²) in [7, 11) is -3.73. The summed E-state index contributed by atoms with van der Waals surface area (Å²) >= 11 is 0. The second kappa shape index (κ2) is 7.80. The highest BCUT2D eigenvalue weighted by atomic mass is 32.2. The number of aryl methyl sites for hydroxylation is 2. The largest absolute Gasteiger partial charge is 0.484 e. The summed E-state index contributed by atoms with van der Waals surface area (Å²) in [4.78, 5) is 13.0. The first-order valence-corrected chi connectivity index (χ1v) is 8.89. The van der Waals surface area contributed by atoms with Gasteiger partial charge in [0.2, 0.25) is 0 Å². The average molecular weight is 361 g/mol. The minimum atomic E-state index is -3.73. The van der Waals surface area contributed by atoms with Gasteiger partial charge < -0.3 is 10.5 Å². The van der Waals surface area contributed by atoms with E-state index in [9.17, 15) is 13.2 Å². The number of hydrazone groups is 1. The number of nitrogens with one attached hydrogen (secondary N) is 1. The van der Waals surface area contributed by atoms with Crippen LogP contribution in [0.15, 0.2) is 52.5 Å². The van der Waals surface area contributed by atoms with E-state index in [4.69, 9.17) is 10.5 Å². The molecule has 0 atom stereocenters. The van der Waals surface area contributed by atoms with Gasteiger partial charge in [0.25, 0.3) is 15.9 Å². The highest BCUT2D eigenvalue weighted by Gasteiger charge is 2.15. The van der Waals surface area contributed by atoms with Crippen LogP contribution in [0.1, 0.15) is 16.7 Å². The SMILES string of the molecule is Cc1ccc(C)c(S(=O)(=O)NN=Cc2ccc(OCC(N)=O)cc2)c1. The minimum Gasteiger partial charge on any atom is -0.484 e. The molecule has 0 aliphatic heterocycles. The maximum Gasteiger partial charge on any atom is 0.276 e. The van der Waals surface area contributed by atoms with Crippen LogP contribution < -0.4 is 15.3 Å². The fraction of sp³-hybridized carbons (Fsp3) is 0.176. The predicted octanol–water partition coefficient (Wildman–Crippen LogP) is 1.48. The van der Waals surface area contributed by atoms with E-state index in [1.807, 2.05) is 13.0 Å². The lowest BCUT2D eigenvalue weighted by atomic mass is 10.2. The Morgan fingerprint density at radius 3 is 2.52 bits per heavy atom. The number of rotatable bonds is 7. The number of nitrogens with zero attached hydrogens (tertiary/aromatic N) is 1. The number of carbonyl (C=O) groups excluding carboxylic acids is 1. The van der Waals surface area contributed by atoms with Gasteiger partial charge in [-0.15, -0.1) is 0 Å². The first kappa shape index (κ1) is 18.5. The van der Waals surface area contributed by atoms with Gasteiger partial charge in [0.15, 0.2) is 6.61 Å². The fourth-order valence-corrected chi connectivity index (χ4v) is 3.14. The smallest absolute Gasteiger partial charge is 0.276 e. The zero-order valence-corrected chi connectivity index (χ0v) is 14.7. The zero-order valence-electron chi connectivity index (χ0n) is 13.9. The molecule has 0 unspecified atom stereocenters. The van der Waals surface area contributed by atoms with Gasteiger partial charge in [-0.25, -0.2) is 4.83 Å². The Kier molecular flexibility index (Phi) is 5.76. The number of sulfonamides is 1. The molecule has 2 aromatic carbocycles. The van der Waals surface area contributed by atoms with Gasteiger partial charge in [-0.05, 0) is 60.9 Å². The van der Waals surface area contributed by atoms with Crippen molar-refractivity contribution in [2.75, 3.05) is 6.61 Å². The summed E-state index contributed by atoms with van der Waals surface area (Å²) in [6.45, 7) is 3.34. The van der Waals surface area contributed by atoms with E-state index in [0.717, 1.165) is 5.56 Å². The fourth-order valence-electron chi connectivity index (χ4n) is 2.02. The number of benzene rings is 2. The monoisotopic (exact) mass is 361 g/mol. The molecule has 0 spiro atoms. The Bertz CT molecular complexity index is 891. The molecule has 0 saturated carbocycles. The molecule has 0 fully saturated rings. The summed E-state index contributed by atoms with van der Waals surface area (Å²) in [6, 6.07) is 11.8. The van der Waals surface area contributed by atoms with Crippen molar-refractivity contribution in [3.63, 3.8) is 0 Å². The van der Waals surface area contributed by atoms with Crippen molar-refractivity contribution in [1.29, 1.82) is 0 Å². The molecule has 132 valence electrons. The molecule has 0 bridgehead atoms. The topological polar surface area (TPSA) is 111 Å². The van der Waals surface area contributed by atoms with Gasteiger partial charge in [-0.2, -0.15) is 13.5 Å². The predicted molar refractivity (Wildman–Crippen MR) is 95.0 cm³/mol. The quantitative estimate of drug-likeness (QED) is 0.575. The van der Waals surface area contributed by atoms with Gasteiger partial charge in [0, 0.05) is 0 Å². The van der Waals surface area contributed by atoms with Crippen molar-refractivity contribution in [1.82, 2.24) is 4.83 Å². The van der Waals surface area contributed by atoms with Gasteiger partial charge in [-0.3, -0.25) is 4.79 Å². The molecule has 0 heterocycles. The number of amides is 1. The first-order valence-electron chi connectivity index (χ1n) is 7.41. The van der Waals surface area contributed by atoms with Crippen LogP contribution >= 0.6 is 0 Å². The third-order valence-corrected chi connectivity index (χ3v) is 4.65. The summed E-state index contributed by atoms with van der Waals surface area (Å²) in [5, 5.41) is 3.79. The zero-order chi connectivity index (χ0) is 18.4. The van der Waals surface area contributed by atoms with E-state index < -0.39 is 15.9 Å². The lowest BCUT2D eigenvalue weighted by Crippen LogP contribution is -2.20. The van der Waals surface area contributed by atoms with Gasteiger partial charge in [0.05, 0.1) is 11.1 Å². The molecule has 0 aliphatic rings. The molecular formula is C17H19N3O4S. The van der Waals surface area contributed by atoms with E-state index in [1.165, 1.54) is 6.21 Å². The number of nitrogens with two attached hydrogens (primary N) is 1. The Balaban J connectivity index is 2.04. The minimum absolute atomic E-state index is 0.194. The van der Waals surface area contributed by atoms with Crippen molar-refractivity contribution in [2.24, 2.45) is 10.8 Å². The summed E-state index contributed by atoms with van der Waals surface area (Å²) in [5.41, 5.74) is 7.15. The average Bonchev–Trinajstić information content (AvgIpc) is 2.56.